The van der Waals surface area contributed by atoms with Crippen LogP contribution < -0.4 is 5.32 Å². The van der Waals surface area contributed by atoms with E-state index in [2.05, 4.69) is 22.3 Å². The number of aromatic nitrogens is 3. The molecule has 0 aliphatic heterocycles. The lowest BCUT2D eigenvalue weighted by Crippen LogP contribution is -2.02. The first-order valence-electron chi connectivity index (χ1n) is 6.57. The van der Waals surface area contributed by atoms with Gasteiger partial charge in [-0.15, -0.1) is 0 Å². The van der Waals surface area contributed by atoms with Crippen LogP contribution in [0.3, 0.4) is 0 Å². The third-order valence-corrected chi connectivity index (χ3v) is 3.24. The SMILES string of the molecule is Cc1c(NCc2ccncc2)cnn1-c1ccccc1. The number of para-hydroxylation sites is 1. The first-order chi connectivity index (χ1) is 9.84. The Balaban J connectivity index is 1.78. The van der Waals surface area contributed by atoms with Gasteiger partial charge in [0, 0.05) is 18.9 Å². The number of nitrogens with zero attached hydrogens (tertiary/aromatic N) is 3. The number of nitrogens with one attached hydrogen (secondary N) is 1. The monoisotopic (exact) mass is 264 g/mol. The predicted molar refractivity (Wildman–Crippen MR) is 79.9 cm³/mol. The van der Waals surface area contributed by atoms with Crippen molar-refractivity contribution >= 4 is 5.69 Å². The molecule has 0 fully saturated rings. The van der Waals surface area contributed by atoms with Crippen molar-refractivity contribution in [3.05, 3.63) is 72.3 Å². The van der Waals surface area contributed by atoms with Gasteiger partial charge in [-0.2, -0.15) is 5.10 Å². The number of benzene rings is 1. The number of hydrogen-bond donors (Lipinski definition) is 1. The second-order valence-electron chi connectivity index (χ2n) is 4.60. The van der Waals surface area contributed by atoms with Crippen molar-refractivity contribution in [2.24, 2.45) is 0 Å². The van der Waals surface area contributed by atoms with E-state index in [0.29, 0.717) is 0 Å². The van der Waals surface area contributed by atoms with Gasteiger partial charge in [0.1, 0.15) is 0 Å². The van der Waals surface area contributed by atoms with E-state index in [1.54, 1.807) is 12.4 Å². The number of anilines is 1. The molecule has 0 unspecified atom stereocenters. The molecule has 4 heteroatoms. The maximum absolute atomic E-state index is 4.44. The summed E-state index contributed by atoms with van der Waals surface area (Å²) in [6.45, 7) is 2.83. The highest BCUT2D eigenvalue weighted by Crippen LogP contribution is 2.18. The minimum absolute atomic E-state index is 0.768. The summed E-state index contributed by atoms with van der Waals surface area (Å²) >= 11 is 0. The second kappa shape index (κ2) is 5.57. The van der Waals surface area contributed by atoms with Crippen LogP contribution in [-0.2, 0) is 6.54 Å². The van der Waals surface area contributed by atoms with E-state index in [0.717, 1.165) is 23.6 Å². The van der Waals surface area contributed by atoms with E-state index < -0.39 is 0 Å². The van der Waals surface area contributed by atoms with Gasteiger partial charge in [-0.3, -0.25) is 4.98 Å². The van der Waals surface area contributed by atoms with Gasteiger partial charge < -0.3 is 5.32 Å². The summed E-state index contributed by atoms with van der Waals surface area (Å²) < 4.78 is 1.94. The molecule has 2 aromatic heterocycles. The molecule has 0 amide bonds. The summed E-state index contributed by atoms with van der Waals surface area (Å²) in [7, 11) is 0. The lowest BCUT2D eigenvalue weighted by Gasteiger charge is -2.07. The molecule has 0 spiro atoms. The highest BCUT2D eigenvalue weighted by atomic mass is 15.3. The van der Waals surface area contributed by atoms with Gasteiger partial charge in [-0.05, 0) is 36.8 Å². The fraction of sp³-hybridized carbons (Fsp3) is 0.125. The minimum Gasteiger partial charge on any atom is -0.378 e. The Morgan fingerprint density at radius 1 is 1.05 bits per heavy atom. The third-order valence-electron chi connectivity index (χ3n) is 3.24. The summed E-state index contributed by atoms with van der Waals surface area (Å²) in [5, 5.41) is 7.85. The van der Waals surface area contributed by atoms with Gasteiger partial charge in [0.15, 0.2) is 0 Å². The van der Waals surface area contributed by atoms with Crippen LogP contribution in [-0.4, -0.2) is 14.8 Å². The van der Waals surface area contributed by atoms with E-state index in [1.165, 1.54) is 5.56 Å². The molecule has 100 valence electrons. The van der Waals surface area contributed by atoms with Gasteiger partial charge in [-0.1, -0.05) is 18.2 Å². The first-order valence-corrected chi connectivity index (χ1v) is 6.57. The second-order valence-corrected chi connectivity index (χ2v) is 4.60. The summed E-state index contributed by atoms with van der Waals surface area (Å²) in [4.78, 5) is 4.02. The van der Waals surface area contributed by atoms with Crippen LogP contribution in [0.25, 0.3) is 5.69 Å². The van der Waals surface area contributed by atoms with Crippen LogP contribution in [0.1, 0.15) is 11.3 Å². The van der Waals surface area contributed by atoms with Crippen LogP contribution in [0.4, 0.5) is 5.69 Å². The van der Waals surface area contributed by atoms with Gasteiger partial charge in [0.05, 0.1) is 23.3 Å². The highest BCUT2D eigenvalue weighted by Gasteiger charge is 2.07. The molecular weight excluding hydrogens is 248 g/mol. The van der Waals surface area contributed by atoms with Crippen LogP contribution in [0.5, 0.6) is 0 Å². The lowest BCUT2D eigenvalue weighted by atomic mass is 10.2. The summed E-state index contributed by atoms with van der Waals surface area (Å²) in [6, 6.07) is 14.1. The molecule has 2 heterocycles. The van der Waals surface area contributed by atoms with E-state index in [1.807, 2.05) is 53.3 Å². The topological polar surface area (TPSA) is 42.7 Å². The van der Waals surface area contributed by atoms with Crippen LogP contribution in [0, 0.1) is 6.92 Å². The van der Waals surface area contributed by atoms with Crippen molar-refractivity contribution in [3.8, 4) is 5.69 Å². The predicted octanol–water partition coefficient (Wildman–Crippen LogP) is 3.19. The average Bonchev–Trinajstić information content (AvgIpc) is 2.88. The molecule has 0 aliphatic rings. The molecule has 1 N–H and O–H groups in total. The molecule has 0 radical (unpaired) electrons. The fourth-order valence-electron chi connectivity index (χ4n) is 2.11. The van der Waals surface area contributed by atoms with Gasteiger partial charge in [-0.25, -0.2) is 4.68 Å². The van der Waals surface area contributed by atoms with Gasteiger partial charge in [0.25, 0.3) is 0 Å². The minimum atomic E-state index is 0.768. The summed E-state index contributed by atoms with van der Waals surface area (Å²) in [5.41, 5.74) is 4.42. The van der Waals surface area contributed by atoms with E-state index in [9.17, 15) is 0 Å². The Kier molecular flexibility index (Phi) is 3.46. The molecule has 0 saturated heterocycles. The number of rotatable bonds is 4. The third kappa shape index (κ3) is 2.54. The van der Waals surface area contributed by atoms with E-state index in [-0.39, 0.29) is 0 Å². The molecule has 0 aliphatic carbocycles. The Bertz CT molecular complexity index is 674. The molecule has 0 saturated carbocycles. The standard InChI is InChI=1S/C16H16N4/c1-13-16(18-11-14-7-9-17-10-8-14)12-19-20(13)15-5-3-2-4-6-15/h2-10,12,18H,11H2,1H3. The maximum Gasteiger partial charge on any atom is 0.0763 e. The molecular formula is C16H16N4. The Hall–Kier alpha value is -2.62. The van der Waals surface area contributed by atoms with Crippen LogP contribution in [0.15, 0.2) is 61.1 Å². The van der Waals surface area contributed by atoms with E-state index >= 15 is 0 Å². The largest absolute Gasteiger partial charge is 0.378 e. The van der Waals surface area contributed by atoms with Gasteiger partial charge >= 0.3 is 0 Å². The fourth-order valence-corrected chi connectivity index (χ4v) is 2.11. The summed E-state index contributed by atoms with van der Waals surface area (Å²) in [5.74, 6) is 0. The quantitative estimate of drug-likeness (QED) is 0.787. The van der Waals surface area contributed by atoms with Crippen LogP contribution >= 0.6 is 0 Å². The Labute approximate surface area is 118 Å². The van der Waals surface area contributed by atoms with Crippen molar-refractivity contribution in [1.29, 1.82) is 0 Å². The van der Waals surface area contributed by atoms with Crippen molar-refractivity contribution < 1.29 is 0 Å². The average molecular weight is 264 g/mol. The maximum atomic E-state index is 4.44. The first kappa shape index (κ1) is 12.4. The Morgan fingerprint density at radius 2 is 1.80 bits per heavy atom. The number of hydrogen-bond acceptors (Lipinski definition) is 3. The molecule has 3 aromatic rings. The van der Waals surface area contributed by atoms with Crippen molar-refractivity contribution in [2.45, 2.75) is 13.5 Å². The molecule has 0 bridgehead atoms. The number of pyridine rings is 1. The normalized spacial score (nSPS) is 10.4. The molecule has 3 rings (SSSR count). The van der Waals surface area contributed by atoms with E-state index in [4.69, 9.17) is 0 Å². The van der Waals surface area contributed by atoms with Crippen LogP contribution in [0.2, 0.25) is 0 Å². The van der Waals surface area contributed by atoms with Crippen molar-refractivity contribution in [2.75, 3.05) is 5.32 Å². The highest BCUT2D eigenvalue weighted by molar-refractivity contribution is 5.49. The molecule has 4 nitrogen and oxygen atoms in total. The van der Waals surface area contributed by atoms with Crippen molar-refractivity contribution in [1.82, 2.24) is 14.8 Å². The summed E-state index contributed by atoms with van der Waals surface area (Å²) in [6.07, 6.45) is 5.47. The Morgan fingerprint density at radius 3 is 2.55 bits per heavy atom. The molecule has 1 aromatic carbocycles. The zero-order chi connectivity index (χ0) is 13.8. The zero-order valence-corrected chi connectivity index (χ0v) is 11.3. The zero-order valence-electron chi connectivity index (χ0n) is 11.3. The smallest absolute Gasteiger partial charge is 0.0763 e. The van der Waals surface area contributed by atoms with Crippen molar-refractivity contribution in [3.63, 3.8) is 0 Å². The molecule has 20 heavy (non-hydrogen) atoms. The lowest BCUT2D eigenvalue weighted by molar-refractivity contribution is 0.847. The molecule has 0 atom stereocenters. The van der Waals surface area contributed by atoms with Gasteiger partial charge in [0.2, 0.25) is 0 Å².